The van der Waals surface area contributed by atoms with Gasteiger partial charge in [0.15, 0.2) is 5.78 Å². The van der Waals surface area contributed by atoms with Crippen molar-refractivity contribution in [2.24, 2.45) is 11.3 Å². The van der Waals surface area contributed by atoms with Gasteiger partial charge in [0.05, 0.1) is 9.44 Å². The maximum Gasteiger partial charge on any atom is 0.162 e. The molecule has 0 fully saturated rings. The third kappa shape index (κ3) is 6.22. The van der Waals surface area contributed by atoms with E-state index in [1.165, 1.54) is 33.1 Å². The summed E-state index contributed by atoms with van der Waals surface area (Å²) in [4.78, 5) is 16.6. The number of ketones is 1. The molecular weight excluding hydrogens is 749 g/mol. The molecule has 0 aliphatic carbocycles. The minimum absolute atomic E-state index is 0. The maximum atomic E-state index is 11.9. The van der Waals surface area contributed by atoms with Gasteiger partial charge in [0.2, 0.25) is 0 Å². The van der Waals surface area contributed by atoms with Gasteiger partial charge in [0, 0.05) is 54.7 Å². The third-order valence-corrected chi connectivity index (χ3v) is 11.8. The van der Waals surface area contributed by atoms with Crippen LogP contribution >= 0.6 is 0 Å². The second kappa shape index (κ2) is 13.4. The van der Waals surface area contributed by atoms with E-state index in [1.54, 1.807) is 0 Å². The Labute approximate surface area is 284 Å². The van der Waals surface area contributed by atoms with Crippen LogP contribution in [0.25, 0.3) is 49.0 Å². The quantitative estimate of drug-likeness (QED) is 0.0417. The first-order valence-corrected chi connectivity index (χ1v) is 19.7. The minimum Gasteiger partial charge on any atom is -0.512 e. The zero-order valence-electron chi connectivity index (χ0n) is 29.2. The molecule has 4 nitrogen and oxygen atoms in total. The number of rotatable bonds is 8. The van der Waals surface area contributed by atoms with Crippen molar-refractivity contribution in [3.05, 3.63) is 78.2 Å². The van der Waals surface area contributed by atoms with Gasteiger partial charge in [-0.05, 0) is 71.1 Å². The SMILES string of the molecule is CCC(CC)C(=O)/C=C(\O)C(C)(CC)CC.[2H]c1cc2cc([Si](C)(C)C)cc3c2c(n1)c1[c-]c(C)cc2c4ccccc4n3c12.[Ir]. The van der Waals surface area contributed by atoms with E-state index < -0.39 is 8.07 Å². The van der Waals surface area contributed by atoms with Gasteiger partial charge in [0.1, 0.15) is 5.76 Å². The molecule has 3 heterocycles. The molecule has 0 spiro atoms. The van der Waals surface area contributed by atoms with Crippen molar-refractivity contribution in [2.45, 2.75) is 86.9 Å². The van der Waals surface area contributed by atoms with E-state index in [0.29, 0.717) is 6.17 Å². The average molecular weight is 797 g/mol. The first kappa shape index (κ1) is 33.3. The predicted molar refractivity (Wildman–Crippen MR) is 191 cm³/mol. The molecule has 0 aliphatic rings. The van der Waals surface area contributed by atoms with Crippen LogP contribution in [0.2, 0.25) is 19.6 Å². The third-order valence-electron chi connectivity index (χ3n) is 9.80. The molecule has 0 amide bonds. The van der Waals surface area contributed by atoms with Crippen LogP contribution in [0, 0.1) is 24.3 Å². The zero-order valence-corrected chi connectivity index (χ0v) is 31.6. The van der Waals surface area contributed by atoms with Crippen LogP contribution in [0.1, 0.15) is 67.2 Å². The van der Waals surface area contributed by atoms with E-state index in [4.69, 9.17) is 6.35 Å². The van der Waals surface area contributed by atoms with Crippen LogP contribution in [-0.2, 0) is 24.9 Å². The molecule has 0 unspecified atom stereocenters. The number of allylic oxidation sites excluding steroid dienone is 2. The molecule has 3 aromatic heterocycles. The molecule has 3 aromatic carbocycles. The number of carbonyl (C=O) groups excluding carboxylic acids is 1. The number of aryl methyl sites for hydroxylation is 1. The standard InChI is InChI=1S/C25H21N2Si.C14H26O2.Ir/c1-15-11-19-18-7-5-6-8-21(18)27-22-14-17(28(2,3)4)13-16-9-10-26-24(23(16)22)20(12-15)25(19)27;1-6-11(7-2)12(15)10-13(16)14(5,8-3)9-4;/h5-11,13-14H,1-4H3;10-11,16H,6-9H2,1-5H3;/q-1;;/b;13-10-;/i10D;;. The van der Waals surface area contributed by atoms with E-state index in [2.05, 4.69) is 79.5 Å². The van der Waals surface area contributed by atoms with Crippen LogP contribution in [0.3, 0.4) is 0 Å². The van der Waals surface area contributed by atoms with Crippen LogP contribution < -0.4 is 5.19 Å². The first-order valence-electron chi connectivity index (χ1n) is 16.7. The number of fused-ring (bicyclic) bond motifs is 5. The first-order chi connectivity index (χ1) is 21.3. The van der Waals surface area contributed by atoms with Crippen LogP contribution in [0.4, 0.5) is 0 Å². The Hall–Kier alpha value is -3.05. The summed E-state index contributed by atoms with van der Waals surface area (Å²) in [5, 5.41) is 17.2. The summed E-state index contributed by atoms with van der Waals surface area (Å²) in [6.45, 7) is 19.3. The fraction of sp³-hybridized carbons (Fsp3) is 0.385. The second-order valence-electron chi connectivity index (χ2n) is 13.6. The summed E-state index contributed by atoms with van der Waals surface area (Å²) in [6, 6.07) is 21.0. The van der Waals surface area contributed by atoms with Crippen LogP contribution in [0.15, 0.2) is 66.5 Å². The molecule has 0 saturated heterocycles. The number of hydrogen-bond acceptors (Lipinski definition) is 3. The molecule has 1 radical (unpaired) electrons. The van der Waals surface area contributed by atoms with Gasteiger partial charge >= 0.3 is 0 Å². The summed E-state index contributed by atoms with van der Waals surface area (Å²) in [5.74, 6) is 0.366. The van der Waals surface area contributed by atoms with Gasteiger partial charge in [-0.1, -0.05) is 101 Å². The van der Waals surface area contributed by atoms with E-state index in [1.807, 2.05) is 40.7 Å². The Balaban J connectivity index is 0.000000245. The normalized spacial score (nSPS) is 13.1. The van der Waals surface area contributed by atoms with Crippen molar-refractivity contribution in [3.8, 4) is 0 Å². The van der Waals surface area contributed by atoms with Gasteiger partial charge < -0.3 is 14.5 Å². The number of aliphatic hydroxyl groups excluding tert-OH is 1. The summed E-state index contributed by atoms with van der Waals surface area (Å²) >= 11 is 0. The summed E-state index contributed by atoms with van der Waals surface area (Å²) in [6.07, 6.45) is 5.15. The molecular formula is C39H47IrN2O2Si-. The Bertz CT molecular complexity index is 2070. The number of pyridine rings is 2. The molecule has 0 aliphatic heterocycles. The number of para-hydroxylation sites is 1. The van der Waals surface area contributed by atoms with Crippen molar-refractivity contribution < 1.29 is 31.4 Å². The molecule has 0 saturated carbocycles. The van der Waals surface area contributed by atoms with Crippen molar-refractivity contribution in [1.82, 2.24) is 9.38 Å². The number of hydrogen-bond donors (Lipinski definition) is 1. The fourth-order valence-corrected chi connectivity index (χ4v) is 7.51. The minimum atomic E-state index is -1.54. The molecule has 45 heavy (non-hydrogen) atoms. The van der Waals surface area contributed by atoms with Crippen molar-refractivity contribution in [1.29, 1.82) is 0 Å². The van der Waals surface area contributed by atoms with Gasteiger partial charge in [-0.2, -0.15) is 0 Å². The van der Waals surface area contributed by atoms with Gasteiger partial charge in [-0.3, -0.25) is 4.79 Å². The molecule has 0 bridgehead atoms. The monoisotopic (exact) mass is 797 g/mol. The van der Waals surface area contributed by atoms with E-state index in [0.717, 1.165) is 58.4 Å². The van der Waals surface area contributed by atoms with Gasteiger partial charge in [-0.25, -0.2) is 0 Å². The maximum absolute atomic E-state index is 11.9. The second-order valence-corrected chi connectivity index (χ2v) is 18.7. The van der Waals surface area contributed by atoms with Crippen LogP contribution in [0.5, 0.6) is 0 Å². The Morgan fingerprint density at radius 2 is 1.71 bits per heavy atom. The van der Waals surface area contributed by atoms with Gasteiger partial charge in [0.25, 0.3) is 0 Å². The van der Waals surface area contributed by atoms with E-state index >= 15 is 0 Å². The number of nitrogens with zero attached hydrogens (tertiary/aromatic N) is 2. The molecule has 239 valence electrons. The van der Waals surface area contributed by atoms with Crippen molar-refractivity contribution in [3.63, 3.8) is 0 Å². The summed E-state index contributed by atoms with van der Waals surface area (Å²) in [7, 11) is -1.54. The zero-order chi connectivity index (χ0) is 32.8. The average Bonchev–Trinajstić information content (AvgIpc) is 3.33. The molecule has 6 aromatic rings. The fourth-order valence-electron chi connectivity index (χ4n) is 6.35. The largest absolute Gasteiger partial charge is 0.512 e. The Morgan fingerprint density at radius 1 is 1.04 bits per heavy atom. The van der Waals surface area contributed by atoms with E-state index in [9.17, 15) is 9.90 Å². The number of aromatic nitrogens is 2. The number of aliphatic hydroxyl groups is 1. The van der Waals surface area contributed by atoms with Crippen molar-refractivity contribution in [2.75, 3.05) is 0 Å². The van der Waals surface area contributed by atoms with Crippen molar-refractivity contribution >= 4 is 68.0 Å². The van der Waals surface area contributed by atoms with Crippen LogP contribution in [-0.4, -0.2) is 28.3 Å². The molecule has 0 atom stereocenters. The topological polar surface area (TPSA) is 54.6 Å². The summed E-state index contributed by atoms with van der Waals surface area (Å²) in [5.41, 5.74) is 5.32. The number of carbonyl (C=O) groups is 1. The molecule has 6 rings (SSSR count). The molecule has 6 heteroatoms. The number of benzene rings is 3. The van der Waals surface area contributed by atoms with E-state index in [-0.39, 0.29) is 43.0 Å². The predicted octanol–water partition coefficient (Wildman–Crippen LogP) is 10.3. The Kier molecular flexibility index (Phi) is 9.89. The summed E-state index contributed by atoms with van der Waals surface area (Å²) < 4.78 is 10.8. The van der Waals surface area contributed by atoms with Gasteiger partial charge in [-0.15, -0.1) is 17.7 Å². The Morgan fingerprint density at radius 3 is 2.33 bits per heavy atom. The smallest absolute Gasteiger partial charge is 0.162 e. The molecule has 1 N–H and O–H groups in total.